The van der Waals surface area contributed by atoms with Gasteiger partial charge < -0.3 is 24.9 Å². The second-order valence-electron chi connectivity index (χ2n) is 5.45. The number of nitrogens with zero attached hydrogens (tertiary/aromatic N) is 1. The van der Waals surface area contributed by atoms with E-state index in [0.29, 0.717) is 25.8 Å². The molecule has 3 N–H and O–H groups in total. The Balaban J connectivity index is 1.73. The summed E-state index contributed by atoms with van der Waals surface area (Å²) in [6.07, 6.45) is 7.52. The second-order valence-corrected chi connectivity index (χ2v) is 5.45. The van der Waals surface area contributed by atoms with E-state index in [0.717, 1.165) is 24.7 Å². The Morgan fingerprint density at radius 3 is 2.95 bits per heavy atom. The van der Waals surface area contributed by atoms with Crippen molar-refractivity contribution in [2.45, 2.75) is 38.1 Å². The number of hydrogen-bond donors (Lipinski definition) is 3. The molecule has 124 valence electrons. The minimum atomic E-state index is 0.0539. The maximum absolute atomic E-state index is 8.68. The van der Waals surface area contributed by atoms with Crippen molar-refractivity contribution in [1.82, 2.24) is 10.6 Å². The first kappa shape index (κ1) is 16.8. The van der Waals surface area contributed by atoms with Crippen molar-refractivity contribution in [3.05, 3.63) is 24.2 Å². The molecule has 1 aliphatic carbocycles. The van der Waals surface area contributed by atoms with Gasteiger partial charge in [-0.3, -0.25) is 4.99 Å². The van der Waals surface area contributed by atoms with E-state index in [-0.39, 0.29) is 6.61 Å². The van der Waals surface area contributed by atoms with Crippen LogP contribution in [0.25, 0.3) is 0 Å². The molecular formula is C16H27N3O3. The monoisotopic (exact) mass is 309 g/mol. The molecule has 0 radical (unpaired) electrons. The highest BCUT2D eigenvalue weighted by atomic mass is 16.5. The van der Waals surface area contributed by atoms with Gasteiger partial charge in [0.05, 0.1) is 32.6 Å². The highest BCUT2D eigenvalue weighted by Gasteiger charge is 2.15. The van der Waals surface area contributed by atoms with Crippen molar-refractivity contribution in [2.24, 2.45) is 4.99 Å². The molecule has 0 atom stereocenters. The van der Waals surface area contributed by atoms with Gasteiger partial charge in [-0.25, -0.2) is 0 Å². The first-order chi connectivity index (χ1) is 10.9. The van der Waals surface area contributed by atoms with Crippen LogP contribution in [0.1, 0.15) is 31.4 Å². The van der Waals surface area contributed by atoms with Gasteiger partial charge in [0.2, 0.25) is 0 Å². The predicted molar refractivity (Wildman–Crippen MR) is 86.0 cm³/mol. The van der Waals surface area contributed by atoms with Gasteiger partial charge in [-0.2, -0.15) is 0 Å². The molecule has 1 aliphatic rings. The third-order valence-corrected chi connectivity index (χ3v) is 3.68. The van der Waals surface area contributed by atoms with Crippen molar-refractivity contribution in [3.63, 3.8) is 0 Å². The molecule has 1 aromatic rings. The molecule has 0 aliphatic heterocycles. The van der Waals surface area contributed by atoms with Gasteiger partial charge in [0.25, 0.3) is 0 Å². The Hall–Kier alpha value is -1.53. The number of aliphatic hydroxyl groups is 1. The lowest BCUT2D eigenvalue weighted by Crippen LogP contribution is -2.43. The average molecular weight is 309 g/mol. The van der Waals surface area contributed by atoms with E-state index in [1.807, 2.05) is 12.1 Å². The molecule has 2 rings (SSSR count). The summed E-state index contributed by atoms with van der Waals surface area (Å²) in [6.45, 7) is 2.31. The number of furan rings is 1. The minimum absolute atomic E-state index is 0.0539. The number of aliphatic hydroxyl groups excluding tert-OH is 1. The van der Waals surface area contributed by atoms with Crippen LogP contribution in [0, 0.1) is 0 Å². The van der Waals surface area contributed by atoms with Gasteiger partial charge in [0, 0.05) is 19.0 Å². The lowest BCUT2D eigenvalue weighted by Gasteiger charge is -2.17. The number of guanidine groups is 1. The molecule has 0 amide bonds. The van der Waals surface area contributed by atoms with Crippen LogP contribution in [0.5, 0.6) is 0 Å². The quantitative estimate of drug-likeness (QED) is 0.364. The van der Waals surface area contributed by atoms with Gasteiger partial charge in [0.15, 0.2) is 5.96 Å². The molecule has 0 aromatic carbocycles. The molecule has 22 heavy (non-hydrogen) atoms. The van der Waals surface area contributed by atoms with E-state index in [1.54, 1.807) is 6.26 Å². The van der Waals surface area contributed by atoms with Crippen molar-refractivity contribution < 1.29 is 14.3 Å². The van der Waals surface area contributed by atoms with E-state index < -0.39 is 0 Å². The fourth-order valence-electron chi connectivity index (χ4n) is 2.56. The highest BCUT2D eigenvalue weighted by molar-refractivity contribution is 5.80. The third-order valence-electron chi connectivity index (χ3n) is 3.68. The summed E-state index contributed by atoms with van der Waals surface area (Å²) in [5.74, 6) is 1.81. The van der Waals surface area contributed by atoms with Gasteiger partial charge in [-0.15, -0.1) is 0 Å². The molecule has 6 heteroatoms. The van der Waals surface area contributed by atoms with Gasteiger partial charge in [-0.1, -0.05) is 12.8 Å². The van der Waals surface area contributed by atoms with E-state index in [1.165, 1.54) is 25.7 Å². The van der Waals surface area contributed by atoms with Crippen LogP contribution in [0.4, 0.5) is 0 Å². The number of rotatable bonds is 9. The van der Waals surface area contributed by atoms with Crippen LogP contribution < -0.4 is 10.6 Å². The Labute approximate surface area is 132 Å². The van der Waals surface area contributed by atoms with Crippen LogP contribution in [-0.2, 0) is 11.2 Å². The molecule has 1 fully saturated rings. The maximum atomic E-state index is 8.68. The molecular weight excluding hydrogens is 282 g/mol. The Kier molecular flexibility index (Phi) is 7.83. The summed E-state index contributed by atoms with van der Waals surface area (Å²) in [5.41, 5.74) is 0. The average Bonchev–Trinajstić information content (AvgIpc) is 3.20. The SMILES string of the molecule is OCCOCCN=C(NCCc1ccco1)NC1CCCC1. The van der Waals surface area contributed by atoms with E-state index in [2.05, 4.69) is 15.6 Å². The Morgan fingerprint density at radius 2 is 2.23 bits per heavy atom. The van der Waals surface area contributed by atoms with Crippen LogP contribution >= 0.6 is 0 Å². The zero-order valence-corrected chi connectivity index (χ0v) is 13.1. The second kappa shape index (κ2) is 10.2. The first-order valence-corrected chi connectivity index (χ1v) is 8.14. The van der Waals surface area contributed by atoms with Crippen LogP contribution in [-0.4, -0.2) is 50.0 Å². The number of aliphatic imine (C=N–C) groups is 1. The van der Waals surface area contributed by atoms with E-state index >= 15 is 0 Å². The number of ether oxygens (including phenoxy) is 1. The highest BCUT2D eigenvalue weighted by Crippen LogP contribution is 2.17. The fourth-order valence-corrected chi connectivity index (χ4v) is 2.56. The summed E-state index contributed by atoms with van der Waals surface area (Å²) in [6, 6.07) is 4.40. The smallest absolute Gasteiger partial charge is 0.191 e. The van der Waals surface area contributed by atoms with Crippen molar-refractivity contribution >= 4 is 5.96 Å². The standard InChI is InChI=1S/C16H27N3O3/c20-10-13-21-12-9-18-16(19-14-4-1-2-5-14)17-8-7-15-6-3-11-22-15/h3,6,11,14,20H,1-2,4-5,7-10,12-13H2,(H2,17,18,19). The van der Waals surface area contributed by atoms with E-state index in [4.69, 9.17) is 14.3 Å². The van der Waals surface area contributed by atoms with Gasteiger partial charge >= 0.3 is 0 Å². The first-order valence-electron chi connectivity index (χ1n) is 8.14. The summed E-state index contributed by atoms with van der Waals surface area (Å²) in [4.78, 5) is 4.54. The molecule has 6 nitrogen and oxygen atoms in total. The molecule has 1 aromatic heterocycles. The molecule has 0 bridgehead atoms. The molecule has 1 heterocycles. The summed E-state index contributed by atoms with van der Waals surface area (Å²) in [5, 5.41) is 15.5. The van der Waals surface area contributed by atoms with Crippen LogP contribution in [0.3, 0.4) is 0 Å². The number of hydrogen-bond acceptors (Lipinski definition) is 4. The van der Waals surface area contributed by atoms with Crippen molar-refractivity contribution in [1.29, 1.82) is 0 Å². The lowest BCUT2D eigenvalue weighted by molar-refractivity contribution is 0.0977. The zero-order valence-electron chi connectivity index (χ0n) is 13.1. The van der Waals surface area contributed by atoms with E-state index in [9.17, 15) is 0 Å². The van der Waals surface area contributed by atoms with Crippen molar-refractivity contribution in [2.75, 3.05) is 32.9 Å². The molecule has 0 spiro atoms. The fraction of sp³-hybridized carbons (Fsp3) is 0.688. The summed E-state index contributed by atoms with van der Waals surface area (Å²) >= 11 is 0. The lowest BCUT2D eigenvalue weighted by atomic mass is 10.2. The largest absolute Gasteiger partial charge is 0.469 e. The Bertz CT molecular complexity index is 414. The van der Waals surface area contributed by atoms with Crippen LogP contribution in [0.15, 0.2) is 27.8 Å². The zero-order chi connectivity index (χ0) is 15.5. The molecule has 1 saturated carbocycles. The topological polar surface area (TPSA) is 79.0 Å². The molecule has 0 unspecified atom stereocenters. The summed E-state index contributed by atoms with van der Waals surface area (Å²) in [7, 11) is 0. The maximum Gasteiger partial charge on any atom is 0.191 e. The third kappa shape index (κ3) is 6.49. The van der Waals surface area contributed by atoms with Crippen LogP contribution in [0.2, 0.25) is 0 Å². The molecule has 0 saturated heterocycles. The van der Waals surface area contributed by atoms with Gasteiger partial charge in [-0.05, 0) is 25.0 Å². The van der Waals surface area contributed by atoms with Crippen molar-refractivity contribution in [3.8, 4) is 0 Å². The normalized spacial score (nSPS) is 16.1. The Morgan fingerprint density at radius 1 is 1.36 bits per heavy atom. The van der Waals surface area contributed by atoms with Gasteiger partial charge in [0.1, 0.15) is 5.76 Å². The predicted octanol–water partition coefficient (Wildman–Crippen LogP) is 1.31. The summed E-state index contributed by atoms with van der Waals surface area (Å²) < 4.78 is 10.6. The minimum Gasteiger partial charge on any atom is -0.469 e. The number of nitrogens with one attached hydrogen (secondary N) is 2.